The van der Waals surface area contributed by atoms with Crippen molar-refractivity contribution in [2.45, 2.75) is 39.8 Å². The van der Waals surface area contributed by atoms with Gasteiger partial charge in [0.2, 0.25) is 5.91 Å². The molecule has 0 saturated carbocycles. The van der Waals surface area contributed by atoms with E-state index in [1.54, 1.807) is 48.4 Å². The Labute approximate surface area is 189 Å². The van der Waals surface area contributed by atoms with Gasteiger partial charge in [0.15, 0.2) is 6.61 Å². The molecule has 6 nitrogen and oxygen atoms in total. The summed E-state index contributed by atoms with van der Waals surface area (Å²) in [5, 5.41) is 3.56. The zero-order valence-electron chi connectivity index (χ0n) is 18.6. The van der Waals surface area contributed by atoms with E-state index >= 15 is 0 Å². The average molecular weight is 447 g/mol. The number of ether oxygens (including phenoxy) is 2. The molecule has 2 aromatic carbocycles. The van der Waals surface area contributed by atoms with Gasteiger partial charge in [-0.1, -0.05) is 44.5 Å². The molecule has 0 heterocycles. The summed E-state index contributed by atoms with van der Waals surface area (Å²) in [6.45, 7) is 6.62. The molecule has 2 aromatic rings. The topological polar surface area (TPSA) is 67.9 Å². The first-order valence-corrected chi connectivity index (χ1v) is 10.8. The maximum atomic E-state index is 13.1. The minimum atomic E-state index is -0.596. The maximum Gasteiger partial charge on any atom is 0.261 e. The van der Waals surface area contributed by atoms with E-state index in [1.165, 1.54) is 0 Å². The van der Waals surface area contributed by atoms with Gasteiger partial charge in [0.25, 0.3) is 5.91 Å². The van der Waals surface area contributed by atoms with E-state index < -0.39 is 6.04 Å². The van der Waals surface area contributed by atoms with Gasteiger partial charge in [0.05, 0.1) is 7.11 Å². The lowest BCUT2D eigenvalue weighted by atomic mass is 10.1. The van der Waals surface area contributed by atoms with E-state index in [9.17, 15) is 9.59 Å². The van der Waals surface area contributed by atoms with Crippen molar-refractivity contribution in [3.63, 3.8) is 0 Å². The lowest BCUT2D eigenvalue weighted by molar-refractivity contribution is -0.143. The van der Waals surface area contributed by atoms with Crippen LogP contribution in [-0.4, -0.2) is 43.0 Å². The van der Waals surface area contributed by atoms with Crippen molar-refractivity contribution in [3.05, 3.63) is 59.1 Å². The molecule has 0 aliphatic carbocycles. The summed E-state index contributed by atoms with van der Waals surface area (Å²) in [4.78, 5) is 27.5. The average Bonchev–Trinajstić information content (AvgIpc) is 2.77. The van der Waals surface area contributed by atoms with Crippen LogP contribution in [0.4, 0.5) is 0 Å². The van der Waals surface area contributed by atoms with Crippen LogP contribution in [0, 0.1) is 5.92 Å². The van der Waals surface area contributed by atoms with Crippen molar-refractivity contribution >= 4 is 23.4 Å². The Hall–Kier alpha value is -2.73. The Kier molecular flexibility index (Phi) is 9.66. The smallest absolute Gasteiger partial charge is 0.261 e. The number of hydrogen-bond donors (Lipinski definition) is 1. The van der Waals surface area contributed by atoms with Crippen molar-refractivity contribution in [1.82, 2.24) is 10.2 Å². The van der Waals surface area contributed by atoms with Crippen LogP contribution < -0.4 is 14.8 Å². The second-order valence-electron chi connectivity index (χ2n) is 7.68. The van der Waals surface area contributed by atoms with E-state index in [1.807, 2.05) is 32.9 Å². The van der Waals surface area contributed by atoms with Crippen LogP contribution in [0.1, 0.15) is 32.8 Å². The van der Waals surface area contributed by atoms with Crippen molar-refractivity contribution < 1.29 is 19.1 Å². The molecule has 0 bridgehead atoms. The number of rotatable bonds is 11. The number of nitrogens with zero attached hydrogens (tertiary/aromatic N) is 1. The van der Waals surface area contributed by atoms with Crippen LogP contribution in [-0.2, 0) is 16.1 Å². The summed E-state index contributed by atoms with van der Waals surface area (Å²) in [5.41, 5.74) is 0.886. The number of benzene rings is 2. The first kappa shape index (κ1) is 24.5. The highest BCUT2D eigenvalue weighted by molar-refractivity contribution is 6.30. The highest BCUT2D eigenvalue weighted by atomic mass is 35.5. The fourth-order valence-corrected chi connectivity index (χ4v) is 3.15. The zero-order chi connectivity index (χ0) is 22.8. The van der Waals surface area contributed by atoms with Gasteiger partial charge in [0.1, 0.15) is 17.5 Å². The number of nitrogens with one attached hydrogen (secondary N) is 1. The van der Waals surface area contributed by atoms with E-state index in [0.717, 1.165) is 5.56 Å². The molecule has 168 valence electrons. The van der Waals surface area contributed by atoms with Gasteiger partial charge in [-0.05, 0) is 54.3 Å². The van der Waals surface area contributed by atoms with Gasteiger partial charge >= 0.3 is 0 Å². The number of methoxy groups -OCH3 is 1. The minimum Gasteiger partial charge on any atom is -0.497 e. The monoisotopic (exact) mass is 446 g/mol. The Morgan fingerprint density at radius 3 is 2.19 bits per heavy atom. The predicted octanol–water partition coefficient (Wildman–Crippen LogP) is 4.31. The lowest BCUT2D eigenvalue weighted by Gasteiger charge is -2.30. The van der Waals surface area contributed by atoms with Crippen molar-refractivity contribution in [1.29, 1.82) is 0 Å². The number of amides is 2. The standard InChI is InChI=1S/C24H31ClN2O4/c1-5-22(24(29)26-14-17(2)3)27(15-18-6-8-19(25)9-7-18)23(28)16-31-21-12-10-20(30-4)11-13-21/h6-13,17,22H,5,14-16H2,1-4H3,(H,26,29). The lowest BCUT2D eigenvalue weighted by Crippen LogP contribution is -2.50. The summed E-state index contributed by atoms with van der Waals surface area (Å²) in [6, 6.07) is 13.7. The van der Waals surface area contributed by atoms with Crippen LogP contribution in [0.2, 0.25) is 5.02 Å². The molecule has 1 atom stereocenters. The summed E-state index contributed by atoms with van der Waals surface area (Å²) < 4.78 is 10.8. The van der Waals surface area contributed by atoms with Crippen LogP contribution in [0.15, 0.2) is 48.5 Å². The fraction of sp³-hybridized carbons (Fsp3) is 0.417. The zero-order valence-corrected chi connectivity index (χ0v) is 19.3. The quantitative estimate of drug-likeness (QED) is 0.558. The van der Waals surface area contributed by atoms with Crippen molar-refractivity contribution in [3.8, 4) is 11.5 Å². The summed E-state index contributed by atoms with van der Waals surface area (Å²) in [5.74, 6) is 1.15. The van der Waals surface area contributed by atoms with Gasteiger partial charge in [-0.25, -0.2) is 0 Å². The molecule has 0 saturated heterocycles. The number of carbonyl (C=O) groups excluding carboxylic acids is 2. The highest BCUT2D eigenvalue weighted by Gasteiger charge is 2.29. The van der Waals surface area contributed by atoms with Crippen LogP contribution in [0.25, 0.3) is 0 Å². The normalized spacial score (nSPS) is 11.7. The molecule has 0 radical (unpaired) electrons. The molecule has 7 heteroatoms. The van der Waals surface area contributed by atoms with Crippen LogP contribution in [0.3, 0.4) is 0 Å². The molecule has 0 aliphatic rings. The third-order valence-corrected chi connectivity index (χ3v) is 5.01. The molecular weight excluding hydrogens is 416 g/mol. The summed E-state index contributed by atoms with van der Waals surface area (Å²) in [6.07, 6.45) is 0.492. The van der Waals surface area contributed by atoms with Gasteiger partial charge in [-0.2, -0.15) is 0 Å². The third-order valence-electron chi connectivity index (χ3n) is 4.76. The molecule has 0 aliphatic heterocycles. The van der Waals surface area contributed by atoms with Crippen molar-refractivity contribution in [2.75, 3.05) is 20.3 Å². The first-order valence-electron chi connectivity index (χ1n) is 10.4. The number of carbonyl (C=O) groups is 2. The molecule has 0 fully saturated rings. The molecular formula is C24H31ClN2O4. The SMILES string of the molecule is CCC(C(=O)NCC(C)C)N(Cc1ccc(Cl)cc1)C(=O)COc1ccc(OC)cc1. The second kappa shape index (κ2) is 12.2. The molecule has 1 unspecified atom stereocenters. The highest BCUT2D eigenvalue weighted by Crippen LogP contribution is 2.19. The predicted molar refractivity (Wildman–Crippen MR) is 122 cm³/mol. The number of hydrogen-bond acceptors (Lipinski definition) is 4. The Bertz CT molecular complexity index is 838. The summed E-state index contributed by atoms with van der Waals surface area (Å²) >= 11 is 5.99. The largest absolute Gasteiger partial charge is 0.497 e. The second-order valence-corrected chi connectivity index (χ2v) is 8.11. The summed E-state index contributed by atoms with van der Waals surface area (Å²) in [7, 11) is 1.59. The van der Waals surface area contributed by atoms with Crippen molar-refractivity contribution in [2.24, 2.45) is 5.92 Å². The first-order chi connectivity index (χ1) is 14.8. The Morgan fingerprint density at radius 2 is 1.65 bits per heavy atom. The molecule has 2 rings (SSSR count). The third kappa shape index (κ3) is 7.79. The van der Waals surface area contributed by atoms with Crippen LogP contribution >= 0.6 is 11.6 Å². The fourth-order valence-electron chi connectivity index (χ4n) is 3.03. The number of halogens is 1. The molecule has 2 amide bonds. The van der Waals surface area contributed by atoms with Gasteiger partial charge < -0.3 is 19.7 Å². The van der Waals surface area contributed by atoms with E-state index in [2.05, 4.69) is 5.32 Å². The minimum absolute atomic E-state index is 0.164. The molecule has 0 spiro atoms. The van der Waals surface area contributed by atoms with Crippen LogP contribution in [0.5, 0.6) is 11.5 Å². The van der Waals surface area contributed by atoms with Gasteiger partial charge in [0, 0.05) is 18.1 Å². The van der Waals surface area contributed by atoms with Gasteiger partial charge in [-0.3, -0.25) is 9.59 Å². The molecule has 31 heavy (non-hydrogen) atoms. The van der Waals surface area contributed by atoms with Gasteiger partial charge in [-0.15, -0.1) is 0 Å². The van der Waals surface area contributed by atoms with E-state index in [-0.39, 0.29) is 25.0 Å². The van der Waals surface area contributed by atoms with E-state index in [4.69, 9.17) is 21.1 Å². The Balaban J connectivity index is 2.16. The Morgan fingerprint density at radius 1 is 1.03 bits per heavy atom. The molecule has 1 N–H and O–H groups in total. The molecule has 0 aromatic heterocycles. The maximum absolute atomic E-state index is 13.1. The van der Waals surface area contributed by atoms with E-state index in [0.29, 0.717) is 35.4 Å².